The molecule has 2 aliphatic heterocycles. The Morgan fingerprint density at radius 2 is 1.92 bits per heavy atom. The average molecular weight is 480 g/mol. The Bertz CT molecular complexity index is 1480. The standard InChI is InChI=1S/C28H29N7O/c1-17-12-30-31-18(2)26(17)19(3)36-23-5-6-25-24(10-23)27(33-32-25)21-7-20(11-29)8-22(9-21)35-15-28(16-35)13-34(4)14-28/h5-10,12,19H,13-16H2,1-4H3,(H,32,33)/t19-/m1/s1. The molecular formula is C28H29N7O. The lowest BCUT2D eigenvalue weighted by atomic mass is 9.73. The highest BCUT2D eigenvalue weighted by molar-refractivity contribution is 5.94. The third-order valence-corrected chi connectivity index (χ3v) is 7.48. The number of nitriles is 1. The number of likely N-dealkylation sites (tertiary alicyclic amines) is 1. The molecule has 0 amide bonds. The molecule has 2 aromatic carbocycles. The number of H-pyrrole nitrogens is 1. The molecular weight excluding hydrogens is 450 g/mol. The van der Waals surface area contributed by atoms with Gasteiger partial charge < -0.3 is 14.5 Å². The summed E-state index contributed by atoms with van der Waals surface area (Å²) in [5, 5.41) is 26.7. The molecule has 2 saturated heterocycles. The summed E-state index contributed by atoms with van der Waals surface area (Å²) in [4.78, 5) is 4.73. The third kappa shape index (κ3) is 3.76. The van der Waals surface area contributed by atoms with Crippen LogP contribution in [-0.4, -0.2) is 58.5 Å². The maximum atomic E-state index is 9.73. The van der Waals surface area contributed by atoms with Gasteiger partial charge in [0.2, 0.25) is 0 Å². The van der Waals surface area contributed by atoms with Crippen molar-refractivity contribution in [3.8, 4) is 23.1 Å². The summed E-state index contributed by atoms with van der Waals surface area (Å²) in [6.07, 6.45) is 1.59. The molecule has 182 valence electrons. The number of benzene rings is 2. The Hall–Kier alpha value is -3.96. The van der Waals surface area contributed by atoms with Gasteiger partial charge in [-0.2, -0.15) is 20.6 Å². The lowest BCUT2D eigenvalue weighted by Gasteiger charge is -2.60. The SMILES string of the molecule is Cc1cnnc(C)c1[C@@H](C)Oc1ccc2[nH]nc(-c3cc(C#N)cc(N4CC5(CN(C)C5)C4)c3)c2c1. The number of ether oxygens (including phenoxy) is 1. The molecule has 0 bridgehead atoms. The van der Waals surface area contributed by atoms with Gasteiger partial charge >= 0.3 is 0 Å². The number of rotatable bonds is 5. The predicted octanol–water partition coefficient (Wildman–Crippen LogP) is 4.40. The Kier molecular flexibility index (Phi) is 5.20. The lowest BCUT2D eigenvalue weighted by molar-refractivity contribution is -0.00238. The van der Waals surface area contributed by atoms with Gasteiger partial charge in [-0.3, -0.25) is 5.10 Å². The van der Waals surface area contributed by atoms with Gasteiger partial charge in [-0.15, -0.1) is 0 Å². The zero-order valence-electron chi connectivity index (χ0n) is 21.0. The Morgan fingerprint density at radius 3 is 2.64 bits per heavy atom. The number of aromatic amines is 1. The van der Waals surface area contributed by atoms with Crippen LogP contribution < -0.4 is 9.64 Å². The van der Waals surface area contributed by atoms with Gasteiger partial charge in [0.1, 0.15) is 17.5 Å². The Morgan fingerprint density at radius 1 is 1.11 bits per heavy atom. The summed E-state index contributed by atoms with van der Waals surface area (Å²) in [7, 11) is 2.17. The van der Waals surface area contributed by atoms with Gasteiger partial charge in [0.25, 0.3) is 0 Å². The summed E-state index contributed by atoms with van der Waals surface area (Å²) in [6.45, 7) is 10.4. The van der Waals surface area contributed by atoms with Crippen LogP contribution in [0, 0.1) is 30.6 Å². The molecule has 1 spiro atoms. The number of nitrogens with one attached hydrogen (secondary N) is 1. The molecule has 4 heterocycles. The van der Waals surface area contributed by atoms with E-state index in [0.29, 0.717) is 11.0 Å². The second-order valence-electron chi connectivity index (χ2n) is 10.5. The van der Waals surface area contributed by atoms with Crippen molar-refractivity contribution in [2.45, 2.75) is 26.9 Å². The molecule has 0 aliphatic carbocycles. The molecule has 8 nitrogen and oxygen atoms in total. The molecule has 8 heteroatoms. The smallest absolute Gasteiger partial charge is 0.123 e. The highest BCUT2D eigenvalue weighted by atomic mass is 16.5. The first-order chi connectivity index (χ1) is 17.3. The summed E-state index contributed by atoms with van der Waals surface area (Å²) in [5.74, 6) is 0.753. The summed E-state index contributed by atoms with van der Waals surface area (Å²) < 4.78 is 6.34. The third-order valence-electron chi connectivity index (χ3n) is 7.48. The quantitative estimate of drug-likeness (QED) is 0.453. The maximum Gasteiger partial charge on any atom is 0.123 e. The van der Waals surface area contributed by atoms with E-state index in [-0.39, 0.29) is 6.10 Å². The Labute approximate surface area is 210 Å². The van der Waals surface area contributed by atoms with Gasteiger partial charge in [-0.1, -0.05) is 0 Å². The van der Waals surface area contributed by atoms with E-state index in [4.69, 9.17) is 4.74 Å². The maximum absolute atomic E-state index is 9.73. The van der Waals surface area contributed by atoms with Crippen LogP contribution in [0.25, 0.3) is 22.2 Å². The van der Waals surface area contributed by atoms with Crippen molar-refractivity contribution < 1.29 is 4.74 Å². The van der Waals surface area contributed by atoms with Gasteiger partial charge in [0.15, 0.2) is 0 Å². The van der Waals surface area contributed by atoms with Crippen LogP contribution >= 0.6 is 0 Å². The Balaban J connectivity index is 1.31. The topological polar surface area (TPSA) is 94.0 Å². The van der Waals surface area contributed by atoms with Crippen LogP contribution in [0.5, 0.6) is 5.75 Å². The second kappa shape index (κ2) is 8.32. The average Bonchev–Trinajstić information content (AvgIpc) is 3.23. The van der Waals surface area contributed by atoms with Crippen molar-refractivity contribution in [2.24, 2.45) is 5.41 Å². The highest BCUT2D eigenvalue weighted by Gasteiger charge is 2.50. The summed E-state index contributed by atoms with van der Waals surface area (Å²) in [6, 6.07) is 14.3. The molecule has 0 radical (unpaired) electrons. The van der Waals surface area contributed by atoms with E-state index in [9.17, 15) is 5.26 Å². The minimum atomic E-state index is -0.175. The molecule has 0 saturated carbocycles. The van der Waals surface area contributed by atoms with E-state index >= 15 is 0 Å². The molecule has 2 aliphatic rings. The van der Waals surface area contributed by atoms with Crippen LogP contribution in [0.4, 0.5) is 5.69 Å². The highest BCUT2D eigenvalue weighted by Crippen LogP contribution is 2.42. The van der Waals surface area contributed by atoms with E-state index in [1.54, 1.807) is 6.20 Å². The molecule has 1 atom stereocenters. The molecule has 2 fully saturated rings. The normalized spacial score (nSPS) is 17.5. The number of nitrogens with zero attached hydrogens (tertiary/aromatic N) is 6. The first-order valence-electron chi connectivity index (χ1n) is 12.3. The fourth-order valence-corrected chi connectivity index (χ4v) is 6.02. The summed E-state index contributed by atoms with van der Waals surface area (Å²) in [5.41, 5.74) is 7.79. The number of aryl methyl sites for hydroxylation is 2. The van der Waals surface area contributed by atoms with Crippen molar-refractivity contribution in [2.75, 3.05) is 38.1 Å². The van der Waals surface area contributed by atoms with Crippen molar-refractivity contribution in [1.29, 1.82) is 5.26 Å². The van der Waals surface area contributed by atoms with E-state index in [2.05, 4.69) is 49.4 Å². The zero-order valence-corrected chi connectivity index (χ0v) is 21.0. The van der Waals surface area contributed by atoms with Crippen molar-refractivity contribution >= 4 is 16.6 Å². The number of hydrogen-bond acceptors (Lipinski definition) is 7. The number of aromatic nitrogens is 4. The summed E-state index contributed by atoms with van der Waals surface area (Å²) >= 11 is 0. The largest absolute Gasteiger partial charge is 0.486 e. The van der Waals surface area contributed by atoms with E-state index in [1.807, 2.05) is 51.1 Å². The molecule has 1 N–H and O–H groups in total. The van der Waals surface area contributed by atoms with Crippen LogP contribution in [-0.2, 0) is 0 Å². The van der Waals surface area contributed by atoms with Crippen LogP contribution in [0.2, 0.25) is 0 Å². The number of hydrogen-bond donors (Lipinski definition) is 1. The van der Waals surface area contributed by atoms with E-state index in [1.165, 1.54) is 0 Å². The van der Waals surface area contributed by atoms with Gasteiger partial charge in [0.05, 0.1) is 29.0 Å². The lowest BCUT2D eigenvalue weighted by Crippen LogP contribution is -2.71. The first-order valence-corrected chi connectivity index (χ1v) is 12.3. The molecule has 4 aromatic rings. The monoisotopic (exact) mass is 479 g/mol. The van der Waals surface area contributed by atoms with Gasteiger partial charge in [-0.25, -0.2) is 0 Å². The van der Waals surface area contributed by atoms with E-state index < -0.39 is 0 Å². The van der Waals surface area contributed by atoms with Crippen LogP contribution in [0.3, 0.4) is 0 Å². The van der Waals surface area contributed by atoms with E-state index in [0.717, 1.165) is 76.6 Å². The fourth-order valence-electron chi connectivity index (χ4n) is 6.02. The van der Waals surface area contributed by atoms with Crippen molar-refractivity contribution in [3.05, 3.63) is 65.0 Å². The van der Waals surface area contributed by atoms with Crippen LogP contribution in [0.1, 0.15) is 35.4 Å². The number of fused-ring (bicyclic) bond motifs is 1. The minimum Gasteiger partial charge on any atom is -0.486 e. The minimum absolute atomic E-state index is 0.175. The number of anilines is 1. The van der Waals surface area contributed by atoms with Crippen molar-refractivity contribution in [1.82, 2.24) is 25.3 Å². The van der Waals surface area contributed by atoms with Gasteiger partial charge in [-0.05, 0) is 69.8 Å². The molecule has 36 heavy (non-hydrogen) atoms. The second-order valence-corrected chi connectivity index (χ2v) is 10.5. The molecule has 0 unspecified atom stereocenters. The first kappa shape index (κ1) is 22.5. The van der Waals surface area contributed by atoms with Crippen LogP contribution in [0.15, 0.2) is 42.6 Å². The molecule has 2 aromatic heterocycles. The molecule has 6 rings (SSSR count). The van der Waals surface area contributed by atoms with Gasteiger partial charge in [0, 0.05) is 53.8 Å². The fraction of sp³-hybridized carbons (Fsp3) is 0.357. The zero-order chi connectivity index (χ0) is 25.0. The van der Waals surface area contributed by atoms with Crippen molar-refractivity contribution in [3.63, 3.8) is 0 Å². The predicted molar refractivity (Wildman–Crippen MR) is 139 cm³/mol.